The van der Waals surface area contributed by atoms with Crippen molar-refractivity contribution in [1.29, 1.82) is 0 Å². The fraction of sp³-hybridized carbons (Fsp3) is 0.846. The molecule has 2 amide bonds. The smallest absolute Gasteiger partial charge is 0.315 e. The predicted octanol–water partition coefficient (Wildman–Crippen LogP) is 1.35. The number of aliphatic carboxylic acids is 1. The molecule has 6 heteroatoms. The molecule has 6 nitrogen and oxygen atoms in total. The third kappa shape index (κ3) is 5.06. The van der Waals surface area contributed by atoms with Crippen molar-refractivity contribution in [1.82, 2.24) is 10.6 Å². The van der Waals surface area contributed by atoms with Gasteiger partial charge in [0.2, 0.25) is 0 Å². The Morgan fingerprint density at radius 2 is 1.95 bits per heavy atom. The van der Waals surface area contributed by atoms with Crippen LogP contribution in [0.3, 0.4) is 0 Å². The molecule has 0 aliphatic heterocycles. The number of rotatable bonds is 5. The molecule has 1 aliphatic carbocycles. The molecular formula is C13H24N2O4. The van der Waals surface area contributed by atoms with Gasteiger partial charge in [0.1, 0.15) is 0 Å². The molecule has 19 heavy (non-hydrogen) atoms. The molecule has 0 saturated heterocycles. The maximum atomic E-state index is 11.9. The number of hydrogen-bond donors (Lipinski definition) is 3. The quantitative estimate of drug-likeness (QED) is 0.705. The zero-order valence-electron chi connectivity index (χ0n) is 11.9. The van der Waals surface area contributed by atoms with E-state index < -0.39 is 17.4 Å². The summed E-state index contributed by atoms with van der Waals surface area (Å²) in [7, 11) is 1.57. The minimum Gasteiger partial charge on any atom is -0.481 e. The minimum atomic E-state index is -0.832. The molecule has 1 aliphatic rings. The van der Waals surface area contributed by atoms with Crippen LogP contribution in [-0.4, -0.2) is 42.4 Å². The molecule has 0 aromatic heterocycles. The van der Waals surface area contributed by atoms with Gasteiger partial charge in [0.05, 0.1) is 18.1 Å². The van der Waals surface area contributed by atoms with Crippen molar-refractivity contribution in [2.24, 2.45) is 5.92 Å². The van der Waals surface area contributed by atoms with Crippen molar-refractivity contribution < 1.29 is 19.4 Å². The van der Waals surface area contributed by atoms with Crippen molar-refractivity contribution in [2.75, 3.05) is 13.7 Å². The second-order valence-corrected chi connectivity index (χ2v) is 5.75. The van der Waals surface area contributed by atoms with Gasteiger partial charge in [-0.25, -0.2) is 4.79 Å². The SMILES string of the molecule is COCC(C)(C)NC(=O)NC1CCCCC1C(=O)O. The summed E-state index contributed by atoms with van der Waals surface area (Å²) in [6, 6.07) is -0.621. The van der Waals surface area contributed by atoms with Gasteiger partial charge in [0.15, 0.2) is 0 Å². The molecule has 0 aromatic carbocycles. The normalized spacial score (nSPS) is 23.7. The van der Waals surface area contributed by atoms with Crippen LogP contribution in [0.1, 0.15) is 39.5 Å². The summed E-state index contributed by atoms with van der Waals surface area (Å²) in [5.41, 5.74) is -0.480. The van der Waals surface area contributed by atoms with Gasteiger partial charge in [0.25, 0.3) is 0 Å². The number of amides is 2. The summed E-state index contributed by atoms with van der Waals surface area (Å²) in [6.07, 6.45) is 3.21. The molecule has 110 valence electrons. The fourth-order valence-corrected chi connectivity index (χ4v) is 2.51. The highest BCUT2D eigenvalue weighted by Crippen LogP contribution is 2.24. The first-order valence-electron chi connectivity index (χ1n) is 6.66. The van der Waals surface area contributed by atoms with Gasteiger partial charge >= 0.3 is 12.0 Å². The van der Waals surface area contributed by atoms with Crippen LogP contribution in [0, 0.1) is 5.92 Å². The minimum absolute atomic E-state index is 0.287. The Balaban J connectivity index is 2.52. The van der Waals surface area contributed by atoms with Gasteiger partial charge in [-0.15, -0.1) is 0 Å². The second kappa shape index (κ2) is 6.75. The van der Waals surface area contributed by atoms with Crippen LogP contribution in [0.15, 0.2) is 0 Å². The Hall–Kier alpha value is -1.30. The first-order valence-corrected chi connectivity index (χ1v) is 6.66. The third-order valence-corrected chi connectivity index (χ3v) is 3.36. The van der Waals surface area contributed by atoms with Crippen molar-refractivity contribution in [3.63, 3.8) is 0 Å². The molecule has 0 spiro atoms. The van der Waals surface area contributed by atoms with E-state index in [9.17, 15) is 9.59 Å². The average molecular weight is 272 g/mol. The Kier molecular flexibility index (Phi) is 5.60. The summed E-state index contributed by atoms with van der Waals surface area (Å²) in [4.78, 5) is 23.0. The van der Waals surface area contributed by atoms with Crippen LogP contribution in [0.4, 0.5) is 4.79 Å². The van der Waals surface area contributed by atoms with Gasteiger partial charge in [-0.05, 0) is 26.7 Å². The van der Waals surface area contributed by atoms with Crippen molar-refractivity contribution >= 4 is 12.0 Å². The number of methoxy groups -OCH3 is 1. The van der Waals surface area contributed by atoms with Crippen LogP contribution < -0.4 is 10.6 Å². The van der Waals surface area contributed by atoms with Crippen molar-refractivity contribution in [3.05, 3.63) is 0 Å². The third-order valence-electron chi connectivity index (χ3n) is 3.36. The first-order chi connectivity index (χ1) is 8.85. The van der Waals surface area contributed by atoms with E-state index in [2.05, 4.69) is 10.6 Å². The zero-order chi connectivity index (χ0) is 14.5. The molecule has 1 rings (SSSR count). The zero-order valence-corrected chi connectivity index (χ0v) is 11.9. The van der Waals surface area contributed by atoms with E-state index in [0.29, 0.717) is 13.0 Å². The molecule has 2 unspecified atom stereocenters. The number of ether oxygens (including phenoxy) is 1. The number of carboxylic acid groups (broad SMARTS) is 1. The summed E-state index contributed by atoms with van der Waals surface area (Å²) in [5.74, 6) is -1.31. The Morgan fingerprint density at radius 1 is 1.32 bits per heavy atom. The lowest BCUT2D eigenvalue weighted by Crippen LogP contribution is -2.55. The van der Waals surface area contributed by atoms with Gasteiger partial charge < -0.3 is 20.5 Å². The fourth-order valence-electron chi connectivity index (χ4n) is 2.51. The maximum absolute atomic E-state index is 11.9. The van der Waals surface area contributed by atoms with Gasteiger partial charge in [-0.1, -0.05) is 12.8 Å². The van der Waals surface area contributed by atoms with E-state index in [1.807, 2.05) is 13.8 Å². The Labute approximate surface area is 113 Å². The molecule has 0 aromatic rings. The lowest BCUT2D eigenvalue weighted by atomic mass is 9.84. The van der Waals surface area contributed by atoms with Gasteiger partial charge in [-0.3, -0.25) is 4.79 Å². The summed E-state index contributed by atoms with van der Waals surface area (Å²) >= 11 is 0. The van der Waals surface area contributed by atoms with E-state index in [1.165, 1.54) is 0 Å². The van der Waals surface area contributed by atoms with Crippen LogP contribution in [0.5, 0.6) is 0 Å². The molecule has 2 atom stereocenters. The van der Waals surface area contributed by atoms with E-state index in [-0.39, 0.29) is 12.1 Å². The van der Waals surface area contributed by atoms with Crippen LogP contribution in [0.2, 0.25) is 0 Å². The van der Waals surface area contributed by atoms with Crippen LogP contribution in [-0.2, 0) is 9.53 Å². The summed E-state index contributed by atoms with van der Waals surface area (Å²) in [6.45, 7) is 4.10. The largest absolute Gasteiger partial charge is 0.481 e. The summed E-state index contributed by atoms with van der Waals surface area (Å²) in [5, 5.41) is 14.7. The molecule has 1 saturated carbocycles. The standard InChI is InChI=1S/C13H24N2O4/c1-13(2,8-19-3)15-12(18)14-10-7-5-4-6-9(10)11(16)17/h9-10H,4-8H2,1-3H3,(H,16,17)(H2,14,15,18). The molecule has 0 radical (unpaired) electrons. The predicted molar refractivity (Wildman–Crippen MR) is 71.0 cm³/mol. The lowest BCUT2D eigenvalue weighted by Gasteiger charge is -2.31. The van der Waals surface area contributed by atoms with Gasteiger partial charge in [0, 0.05) is 13.2 Å². The highest BCUT2D eigenvalue weighted by atomic mass is 16.5. The van der Waals surface area contributed by atoms with Crippen LogP contribution >= 0.6 is 0 Å². The number of hydrogen-bond acceptors (Lipinski definition) is 3. The average Bonchev–Trinajstić information content (AvgIpc) is 2.28. The highest BCUT2D eigenvalue weighted by molar-refractivity contribution is 5.77. The number of carbonyl (C=O) groups excluding carboxylic acids is 1. The van der Waals surface area contributed by atoms with E-state index in [4.69, 9.17) is 9.84 Å². The number of urea groups is 1. The van der Waals surface area contributed by atoms with E-state index >= 15 is 0 Å². The molecule has 3 N–H and O–H groups in total. The summed E-state index contributed by atoms with van der Waals surface area (Å²) < 4.78 is 5.02. The second-order valence-electron chi connectivity index (χ2n) is 5.75. The highest BCUT2D eigenvalue weighted by Gasteiger charge is 2.32. The molecule has 0 bridgehead atoms. The molecule has 0 heterocycles. The van der Waals surface area contributed by atoms with Gasteiger partial charge in [-0.2, -0.15) is 0 Å². The van der Waals surface area contributed by atoms with Crippen molar-refractivity contribution in [3.8, 4) is 0 Å². The number of carboxylic acids is 1. The van der Waals surface area contributed by atoms with Crippen LogP contribution in [0.25, 0.3) is 0 Å². The number of nitrogens with one attached hydrogen (secondary N) is 2. The van der Waals surface area contributed by atoms with Crippen molar-refractivity contribution in [2.45, 2.75) is 51.1 Å². The Morgan fingerprint density at radius 3 is 2.53 bits per heavy atom. The van der Waals surface area contributed by atoms with E-state index in [1.54, 1.807) is 7.11 Å². The molecular weight excluding hydrogens is 248 g/mol. The maximum Gasteiger partial charge on any atom is 0.315 e. The van der Waals surface area contributed by atoms with E-state index in [0.717, 1.165) is 19.3 Å². The number of carbonyl (C=O) groups is 2. The Bertz CT molecular complexity index is 331. The first kappa shape index (κ1) is 15.8. The molecule has 1 fully saturated rings. The topological polar surface area (TPSA) is 87.7 Å². The monoisotopic (exact) mass is 272 g/mol. The lowest BCUT2D eigenvalue weighted by molar-refractivity contribution is -0.143.